The standard InChI is InChI=1S/C14H21NO/c1-11-3-5-14(6-4-11)15-12(2)13-7-9-16-10-8-13/h3-6,12-13,15H,7-10H2,1-2H3. The second-order valence-corrected chi connectivity index (χ2v) is 4.75. The van der Waals surface area contributed by atoms with E-state index in [4.69, 9.17) is 4.74 Å². The van der Waals surface area contributed by atoms with Gasteiger partial charge in [-0.2, -0.15) is 0 Å². The molecule has 1 aromatic carbocycles. The van der Waals surface area contributed by atoms with Crippen LogP contribution in [0.2, 0.25) is 0 Å². The lowest BCUT2D eigenvalue weighted by atomic mass is 9.93. The zero-order valence-corrected chi connectivity index (χ0v) is 10.2. The summed E-state index contributed by atoms with van der Waals surface area (Å²) in [5, 5.41) is 3.58. The van der Waals surface area contributed by atoms with Crippen molar-refractivity contribution >= 4 is 5.69 Å². The maximum absolute atomic E-state index is 5.39. The Balaban J connectivity index is 1.90. The van der Waals surface area contributed by atoms with Crippen molar-refractivity contribution in [2.75, 3.05) is 18.5 Å². The fourth-order valence-electron chi connectivity index (χ4n) is 2.25. The molecule has 0 spiro atoms. The van der Waals surface area contributed by atoms with Gasteiger partial charge in [0.05, 0.1) is 0 Å². The van der Waals surface area contributed by atoms with Crippen LogP contribution in [0.25, 0.3) is 0 Å². The van der Waals surface area contributed by atoms with E-state index in [0.717, 1.165) is 19.1 Å². The molecule has 0 radical (unpaired) electrons. The average molecular weight is 219 g/mol. The van der Waals surface area contributed by atoms with Crippen molar-refractivity contribution in [3.8, 4) is 0 Å². The minimum absolute atomic E-state index is 0.534. The molecule has 1 N–H and O–H groups in total. The van der Waals surface area contributed by atoms with E-state index < -0.39 is 0 Å². The molecule has 0 saturated carbocycles. The third-order valence-corrected chi connectivity index (χ3v) is 3.42. The molecule has 1 heterocycles. The summed E-state index contributed by atoms with van der Waals surface area (Å²) in [6, 6.07) is 9.15. The van der Waals surface area contributed by atoms with Crippen LogP contribution in [0.15, 0.2) is 24.3 Å². The summed E-state index contributed by atoms with van der Waals surface area (Å²) in [7, 11) is 0. The van der Waals surface area contributed by atoms with Crippen LogP contribution in [0.3, 0.4) is 0 Å². The summed E-state index contributed by atoms with van der Waals surface area (Å²) in [5.74, 6) is 0.745. The van der Waals surface area contributed by atoms with E-state index in [2.05, 4.69) is 43.4 Å². The van der Waals surface area contributed by atoms with Crippen LogP contribution in [0.4, 0.5) is 5.69 Å². The van der Waals surface area contributed by atoms with Crippen LogP contribution in [-0.4, -0.2) is 19.3 Å². The summed E-state index contributed by atoms with van der Waals surface area (Å²) in [4.78, 5) is 0. The highest BCUT2D eigenvalue weighted by Gasteiger charge is 2.19. The molecule has 0 aliphatic carbocycles. The molecule has 16 heavy (non-hydrogen) atoms. The quantitative estimate of drug-likeness (QED) is 0.842. The van der Waals surface area contributed by atoms with Gasteiger partial charge >= 0.3 is 0 Å². The number of aryl methyl sites for hydroxylation is 1. The Morgan fingerprint density at radius 3 is 2.44 bits per heavy atom. The number of benzene rings is 1. The van der Waals surface area contributed by atoms with Crippen molar-refractivity contribution in [3.05, 3.63) is 29.8 Å². The Hall–Kier alpha value is -1.02. The molecule has 1 aromatic rings. The Kier molecular flexibility index (Phi) is 3.83. The lowest BCUT2D eigenvalue weighted by molar-refractivity contribution is 0.0622. The topological polar surface area (TPSA) is 21.3 Å². The minimum Gasteiger partial charge on any atom is -0.382 e. The molecule has 1 fully saturated rings. The number of ether oxygens (including phenoxy) is 1. The Morgan fingerprint density at radius 1 is 1.19 bits per heavy atom. The molecule has 0 bridgehead atoms. The smallest absolute Gasteiger partial charge is 0.0469 e. The molecular formula is C14H21NO. The second-order valence-electron chi connectivity index (χ2n) is 4.75. The molecule has 1 atom stereocenters. The number of rotatable bonds is 3. The SMILES string of the molecule is Cc1ccc(NC(C)C2CCOCC2)cc1. The zero-order chi connectivity index (χ0) is 11.4. The van der Waals surface area contributed by atoms with E-state index in [9.17, 15) is 0 Å². The highest BCUT2D eigenvalue weighted by atomic mass is 16.5. The van der Waals surface area contributed by atoms with Gasteiger partial charge in [0.25, 0.3) is 0 Å². The fraction of sp³-hybridized carbons (Fsp3) is 0.571. The largest absolute Gasteiger partial charge is 0.382 e. The van der Waals surface area contributed by atoms with Gasteiger partial charge in [-0.05, 0) is 44.7 Å². The molecule has 2 rings (SSSR count). The van der Waals surface area contributed by atoms with E-state index in [1.165, 1.54) is 24.1 Å². The average Bonchev–Trinajstić information content (AvgIpc) is 2.33. The van der Waals surface area contributed by atoms with Gasteiger partial charge < -0.3 is 10.1 Å². The van der Waals surface area contributed by atoms with Gasteiger partial charge in [0, 0.05) is 24.9 Å². The lowest BCUT2D eigenvalue weighted by Crippen LogP contribution is -2.30. The van der Waals surface area contributed by atoms with Gasteiger partial charge in [-0.25, -0.2) is 0 Å². The number of nitrogens with one attached hydrogen (secondary N) is 1. The van der Waals surface area contributed by atoms with E-state index >= 15 is 0 Å². The summed E-state index contributed by atoms with van der Waals surface area (Å²) < 4.78 is 5.39. The highest BCUT2D eigenvalue weighted by Crippen LogP contribution is 2.21. The first-order chi connectivity index (χ1) is 7.75. The Labute approximate surface area is 98.0 Å². The van der Waals surface area contributed by atoms with Crippen LogP contribution in [-0.2, 0) is 4.74 Å². The van der Waals surface area contributed by atoms with Crippen LogP contribution in [0.1, 0.15) is 25.3 Å². The van der Waals surface area contributed by atoms with Crippen molar-refractivity contribution in [1.29, 1.82) is 0 Å². The predicted molar refractivity (Wildman–Crippen MR) is 67.8 cm³/mol. The Bertz CT molecular complexity index is 314. The normalized spacial score (nSPS) is 19.4. The van der Waals surface area contributed by atoms with Crippen molar-refractivity contribution in [3.63, 3.8) is 0 Å². The molecule has 1 aliphatic heterocycles. The van der Waals surface area contributed by atoms with Gasteiger partial charge in [-0.15, -0.1) is 0 Å². The summed E-state index contributed by atoms with van der Waals surface area (Å²) in [5.41, 5.74) is 2.54. The highest BCUT2D eigenvalue weighted by molar-refractivity contribution is 5.45. The first kappa shape index (κ1) is 11.5. The van der Waals surface area contributed by atoms with Crippen molar-refractivity contribution in [2.45, 2.75) is 32.7 Å². The van der Waals surface area contributed by atoms with Crippen LogP contribution >= 0.6 is 0 Å². The summed E-state index contributed by atoms with van der Waals surface area (Å²) >= 11 is 0. The van der Waals surface area contributed by atoms with Crippen molar-refractivity contribution in [2.24, 2.45) is 5.92 Å². The molecule has 1 aliphatic rings. The maximum Gasteiger partial charge on any atom is 0.0469 e. The molecule has 0 amide bonds. The van der Waals surface area contributed by atoms with Crippen molar-refractivity contribution < 1.29 is 4.74 Å². The van der Waals surface area contributed by atoms with E-state index in [-0.39, 0.29) is 0 Å². The van der Waals surface area contributed by atoms with E-state index in [1.807, 2.05) is 0 Å². The van der Waals surface area contributed by atoms with Gasteiger partial charge in [0.2, 0.25) is 0 Å². The van der Waals surface area contributed by atoms with Gasteiger partial charge in [0.1, 0.15) is 0 Å². The molecule has 1 unspecified atom stereocenters. The summed E-state index contributed by atoms with van der Waals surface area (Å²) in [6.07, 6.45) is 2.36. The molecule has 2 heteroatoms. The molecule has 88 valence electrons. The third kappa shape index (κ3) is 2.99. The van der Waals surface area contributed by atoms with E-state index in [0.29, 0.717) is 6.04 Å². The molecule has 0 aromatic heterocycles. The predicted octanol–water partition coefficient (Wildman–Crippen LogP) is 3.22. The zero-order valence-electron chi connectivity index (χ0n) is 10.2. The summed E-state index contributed by atoms with van der Waals surface area (Å²) in [6.45, 7) is 6.23. The number of anilines is 1. The number of hydrogen-bond acceptors (Lipinski definition) is 2. The van der Waals surface area contributed by atoms with E-state index in [1.54, 1.807) is 0 Å². The van der Waals surface area contributed by atoms with Gasteiger partial charge in [-0.3, -0.25) is 0 Å². The first-order valence-electron chi connectivity index (χ1n) is 6.16. The van der Waals surface area contributed by atoms with Gasteiger partial charge in [0.15, 0.2) is 0 Å². The van der Waals surface area contributed by atoms with Crippen LogP contribution < -0.4 is 5.32 Å². The molecule has 2 nitrogen and oxygen atoms in total. The number of hydrogen-bond donors (Lipinski definition) is 1. The lowest BCUT2D eigenvalue weighted by Gasteiger charge is -2.29. The minimum atomic E-state index is 0.534. The Morgan fingerprint density at radius 2 is 1.81 bits per heavy atom. The van der Waals surface area contributed by atoms with Crippen LogP contribution in [0, 0.1) is 12.8 Å². The first-order valence-corrected chi connectivity index (χ1v) is 6.16. The van der Waals surface area contributed by atoms with Gasteiger partial charge in [-0.1, -0.05) is 17.7 Å². The molecule has 1 saturated heterocycles. The van der Waals surface area contributed by atoms with Crippen molar-refractivity contribution in [1.82, 2.24) is 0 Å². The fourth-order valence-corrected chi connectivity index (χ4v) is 2.25. The van der Waals surface area contributed by atoms with Crippen LogP contribution in [0.5, 0.6) is 0 Å². The monoisotopic (exact) mass is 219 g/mol. The molecular weight excluding hydrogens is 198 g/mol. The second kappa shape index (κ2) is 5.35. The third-order valence-electron chi connectivity index (χ3n) is 3.42. The maximum atomic E-state index is 5.39.